The molecule has 5 heteroatoms. The topological polar surface area (TPSA) is 58.4 Å². The van der Waals surface area contributed by atoms with E-state index in [-0.39, 0.29) is 17.8 Å². The average Bonchev–Trinajstić information content (AvgIpc) is 2.61. The van der Waals surface area contributed by atoms with Crippen molar-refractivity contribution in [2.24, 2.45) is 5.73 Å². The van der Waals surface area contributed by atoms with Crippen LogP contribution in [0.5, 0.6) is 0 Å². The molecule has 2 aromatic rings. The first kappa shape index (κ1) is 16.5. The summed E-state index contributed by atoms with van der Waals surface area (Å²) >= 11 is 0. The number of nitrogens with two attached hydrogens (primary N) is 1. The molecule has 0 radical (unpaired) electrons. The fraction of sp³-hybridized carbons (Fsp3) is 0.316. The number of benzene rings is 2. The molecule has 0 aromatic heterocycles. The second-order valence-corrected chi connectivity index (χ2v) is 6.15. The minimum absolute atomic E-state index is 0.220. The number of rotatable bonds is 5. The van der Waals surface area contributed by atoms with Crippen LogP contribution in [0.3, 0.4) is 0 Å². The lowest BCUT2D eigenvalue weighted by Crippen LogP contribution is -2.46. The van der Waals surface area contributed by atoms with Gasteiger partial charge in [0.05, 0.1) is 0 Å². The monoisotopic (exact) mass is 327 g/mol. The van der Waals surface area contributed by atoms with Crippen molar-refractivity contribution in [3.05, 3.63) is 66.0 Å². The zero-order valence-corrected chi connectivity index (χ0v) is 13.5. The number of nitrogens with one attached hydrogen (secondary N) is 1. The number of primary amides is 1. The summed E-state index contributed by atoms with van der Waals surface area (Å²) in [6.07, 6.45) is 1.82. The summed E-state index contributed by atoms with van der Waals surface area (Å²) in [7, 11) is 0. The highest BCUT2D eigenvalue weighted by Crippen LogP contribution is 2.22. The van der Waals surface area contributed by atoms with Crippen LogP contribution in [0.4, 0.5) is 10.1 Å². The molecular formula is C19H22FN3O. The Hall–Kier alpha value is -2.40. The summed E-state index contributed by atoms with van der Waals surface area (Å²) in [5.74, 6) is -0.579. The summed E-state index contributed by atoms with van der Waals surface area (Å²) in [4.78, 5) is 14.0. The Balaban J connectivity index is 1.60. The standard InChI is InChI=1S/C19H22FN3O/c20-15-6-8-17(9-7-15)23-12-10-16(11-13-23)22-18(19(21)24)14-4-2-1-3-5-14/h1-9,16,18,22H,10-13H2,(H2,21,24)/t18-/m1/s1. The Morgan fingerprint density at radius 3 is 2.29 bits per heavy atom. The van der Waals surface area contributed by atoms with E-state index in [4.69, 9.17) is 5.73 Å². The van der Waals surface area contributed by atoms with E-state index >= 15 is 0 Å². The SMILES string of the molecule is NC(=O)[C@H](NC1CCN(c2ccc(F)cc2)CC1)c1ccccc1. The van der Waals surface area contributed by atoms with Gasteiger partial charge in [-0.25, -0.2) is 4.39 Å². The van der Waals surface area contributed by atoms with Gasteiger partial charge in [-0.05, 0) is 42.7 Å². The van der Waals surface area contributed by atoms with Crippen molar-refractivity contribution >= 4 is 11.6 Å². The van der Waals surface area contributed by atoms with Gasteiger partial charge >= 0.3 is 0 Å². The van der Waals surface area contributed by atoms with Crippen LogP contribution in [0.1, 0.15) is 24.4 Å². The molecule has 1 aliphatic rings. The van der Waals surface area contributed by atoms with Crippen molar-refractivity contribution in [1.29, 1.82) is 0 Å². The largest absolute Gasteiger partial charge is 0.371 e. The van der Waals surface area contributed by atoms with Crippen molar-refractivity contribution in [3.63, 3.8) is 0 Å². The van der Waals surface area contributed by atoms with Crippen LogP contribution < -0.4 is 16.0 Å². The molecule has 0 aliphatic carbocycles. The molecule has 2 aromatic carbocycles. The van der Waals surface area contributed by atoms with E-state index in [1.54, 1.807) is 12.1 Å². The third-order valence-corrected chi connectivity index (χ3v) is 4.51. The van der Waals surface area contributed by atoms with E-state index in [1.807, 2.05) is 30.3 Å². The summed E-state index contributed by atoms with van der Waals surface area (Å²) in [5.41, 5.74) is 7.50. The number of halogens is 1. The van der Waals surface area contributed by atoms with Gasteiger partial charge in [0.1, 0.15) is 11.9 Å². The quantitative estimate of drug-likeness (QED) is 0.887. The Labute approximate surface area is 141 Å². The highest BCUT2D eigenvalue weighted by atomic mass is 19.1. The third kappa shape index (κ3) is 3.92. The first-order valence-electron chi connectivity index (χ1n) is 8.24. The van der Waals surface area contributed by atoms with Crippen molar-refractivity contribution < 1.29 is 9.18 Å². The van der Waals surface area contributed by atoms with E-state index in [1.165, 1.54) is 12.1 Å². The van der Waals surface area contributed by atoms with Gasteiger partial charge in [0.2, 0.25) is 5.91 Å². The first-order chi connectivity index (χ1) is 11.6. The molecule has 1 atom stereocenters. The Morgan fingerprint density at radius 2 is 1.71 bits per heavy atom. The Kier molecular flexibility index (Phi) is 5.11. The zero-order valence-electron chi connectivity index (χ0n) is 13.5. The zero-order chi connectivity index (χ0) is 16.9. The fourth-order valence-corrected chi connectivity index (χ4v) is 3.18. The van der Waals surface area contributed by atoms with Crippen LogP contribution in [0.2, 0.25) is 0 Å². The first-order valence-corrected chi connectivity index (χ1v) is 8.24. The van der Waals surface area contributed by atoms with Gasteiger partial charge in [-0.1, -0.05) is 30.3 Å². The Bertz CT molecular complexity index is 667. The van der Waals surface area contributed by atoms with E-state index in [2.05, 4.69) is 10.2 Å². The highest BCUT2D eigenvalue weighted by Gasteiger charge is 2.25. The van der Waals surface area contributed by atoms with Gasteiger partial charge in [-0.2, -0.15) is 0 Å². The molecule has 3 N–H and O–H groups in total. The summed E-state index contributed by atoms with van der Waals surface area (Å²) in [5, 5.41) is 3.39. The summed E-state index contributed by atoms with van der Waals surface area (Å²) in [6.45, 7) is 1.73. The fourth-order valence-electron chi connectivity index (χ4n) is 3.18. The second kappa shape index (κ2) is 7.45. The van der Waals surface area contributed by atoms with Crippen molar-refractivity contribution in [2.45, 2.75) is 24.9 Å². The molecule has 0 spiro atoms. The van der Waals surface area contributed by atoms with E-state index in [0.29, 0.717) is 0 Å². The van der Waals surface area contributed by atoms with E-state index < -0.39 is 6.04 Å². The molecule has 1 fully saturated rings. The maximum atomic E-state index is 13.0. The van der Waals surface area contributed by atoms with Crippen molar-refractivity contribution in [1.82, 2.24) is 5.32 Å². The van der Waals surface area contributed by atoms with Crippen molar-refractivity contribution in [2.75, 3.05) is 18.0 Å². The van der Waals surface area contributed by atoms with E-state index in [0.717, 1.165) is 37.2 Å². The molecule has 1 aliphatic heterocycles. The minimum atomic E-state index is -0.464. The van der Waals surface area contributed by atoms with Crippen LogP contribution in [0, 0.1) is 5.82 Å². The number of piperidine rings is 1. The lowest BCUT2D eigenvalue weighted by molar-refractivity contribution is -0.120. The van der Waals surface area contributed by atoms with Crippen molar-refractivity contribution in [3.8, 4) is 0 Å². The number of carbonyl (C=O) groups excluding carboxylic acids is 1. The number of hydrogen-bond acceptors (Lipinski definition) is 3. The smallest absolute Gasteiger partial charge is 0.239 e. The summed E-state index contributed by atoms with van der Waals surface area (Å²) in [6, 6.07) is 15.9. The molecule has 0 saturated carbocycles. The van der Waals surface area contributed by atoms with Crippen LogP contribution in [-0.2, 0) is 4.79 Å². The predicted octanol–water partition coefficient (Wildman–Crippen LogP) is 2.61. The third-order valence-electron chi connectivity index (χ3n) is 4.51. The van der Waals surface area contributed by atoms with Gasteiger partial charge in [0.15, 0.2) is 0 Å². The van der Waals surface area contributed by atoms with Crippen LogP contribution in [0.25, 0.3) is 0 Å². The molecule has 1 heterocycles. The number of nitrogens with zero attached hydrogens (tertiary/aromatic N) is 1. The second-order valence-electron chi connectivity index (χ2n) is 6.15. The van der Waals surface area contributed by atoms with E-state index in [9.17, 15) is 9.18 Å². The summed E-state index contributed by atoms with van der Waals surface area (Å²) < 4.78 is 13.0. The number of anilines is 1. The average molecular weight is 327 g/mol. The normalized spacial score (nSPS) is 16.8. The lowest BCUT2D eigenvalue weighted by Gasteiger charge is -2.35. The minimum Gasteiger partial charge on any atom is -0.371 e. The van der Waals surface area contributed by atoms with Crippen LogP contribution >= 0.6 is 0 Å². The maximum Gasteiger partial charge on any atom is 0.239 e. The van der Waals surface area contributed by atoms with Gasteiger partial charge in [0.25, 0.3) is 0 Å². The predicted molar refractivity (Wildman–Crippen MR) is 93.1 cm³/mol. The molecule has 1 saturated heterocycles. The Morgan fingerprint density at radius 1 is 1.08 bits per heavy atom. The van der Waals surface area contributed by atoms with Gasteiger partial charge in [0, 0.05) is 24.8 Å². The maximum absolute atomic E-state index is 13.0. The van der Waals surface area contributed by atoms with Crippen LogP contribution in [0.15, 0.2) is 54.6 Å². The molecule has 126 valence electrons. The molecular weight excluding hydrogens is 305 g/mol. The van der Waals surface area contributed by atoms with Gasteiger partial charge < -0.3 is 10.6 Å². The molecule has 3 rings (SSSR count). The lowest BCUT2D eigenvalue weighted by atomic mass is 10.00. The molecule has 4 nitrogen and oxygen atoms in total. The number of carbonyl (C=O) groups is 1. The van der Waals surface area contributed by atoms with Gasteiger partial charge in [-0.3, -0.25) is 10.1 Å². The van der Waals surface area contributed by atoms with Crippen LogP contribution in [-0.4, -0.2) is 25.0 Å². The highest BCUT2D eigenvalue weighted by molar-refractivity contribution is 5.81. The molecule has 24 heavy (non-hydrogen) atoms. The molecule has 1 amide bonds. The molecule has 0 unspecified atom stereocenters. The van der Waals surface area contributed by atoms with Gasteiger partial charge in [-0.15, -0.1) is 0 Å². The number of hydrogen-bond donors (Lipinski definition) is 2. The molecule has 0 bridgehead atoms. The number of amides is 1.